The van der Waals surface area contributed by atoms with Gasteiger partial charge in [-0.2, -0.15) is 5.10 Å². The van der Waals surface area contributed by atoms with Gasteiger partial charge < -0.3 is 9.47 Å². The van der Waals surface area contributed by atoms with Gasteiger partial charge in [0.1, 0.15) is 11.5 Å². The molecule has 0 saturated carbocycles. The maximum absolute atomic E-state index is 6.16. The van der Waals surface area contributed by atoms with Crippen molar-refractivity contribution in [3.8, 4) is 11.5 Å². The van der Waals surface area contributed by atoms with E-state index in [0.29, 0.717) is 0 Å². The zero-order chi connectivity index (χ0) is 16.0. The second kappa shape index (κ2) is 5.46. The van der Waals surface area contributed by atoms with E-state index in [9.17, 15) is 0 Å². The molecule has 2 aromatic rings. The molecular weight excluding hydrogens is 312 g/mol. The number of hydrazone groups is 1. The van der Waals surface area contributed by atoms with Crippen molar-refractivity contribution >= 4 is 17.3 Å². The highest BCUT2D eigenvalue weighted by Gasteiger charge is 2.38. The topological polar surface area (TPSA) is 34.1 Å². The smallest absolute Gasteiger partial charge is 0.185 e. The minimum Gasteiger partial charge on any atom is -0.497 e. The summed E-state index contributed by atoms with van der Waals surface area (Å²) in [7, 11) is 1.67. The van der Waals surface area contributed by atoms with Crippen LogP contribution >= 0.6 is 11.6 Å². The molecule has 2 heterocycles. The fourth-order valence-corrected chi connectivity index (χ4v) is 3.38. The first-order valence-electron chi connectivity index (χ1n) is 7.62. The molecule has 0 fully saturated rings. The zero-order valence-corrected chi connectivity index (χ0v) is 13.7. The van der Waals surface area contributed by atoms with Crippen LogP contribution in [0.25, 0.3) is 0 Å². The Morgan fingerprint density at radius 3 is 2.74 bits per heavy atom. The molecule has 4 rings (SSSR count). The van der Waals surface area contributed by atoms with Gasteiger partial charge in [-0.15, -0.1) is 0 Å². The monoisotopic (exact) mass is 328 g/mol. The lowest BCUT2D eigenvalue weighted by molar-refractivity contribution is -0.00334. The summed E-state index contributed by atoms with van der Waals surface area (Å²) in [5, 5.41) is 7.53. The fourth-order valence-electron chi connectivity index (χ4n) is 3.20. The molecule has 23 heavy (non-hydrogen) atoms. The number of rotatable bonds is 2. The molecule has 2 aliphatic rings. The number of hydrogen-bond donors (Lipinski definition) is 0. The van der Waals surface area contributed by atoms with Crippen LogP contribution in [-0.2, 0) is 0 Å². The molecule has 5 heteroatoms. The molecule has 0 N–H and O–H groups in total. The predicted molar refractivity (Wildman–Crippen MR) is 90.3 cm³/mol. The van der Waals surface area contributed by atoms with E-state index in [0.717, 1.165) is 39.8 Å². The van der Waals surface area contributed by atoms with Crippen LogP contribution in [0.2, 0.25) is 5.02 Å². The van der Waals surface area contributed by atoms with E-state index in [1.165, 1.54) is 0 Å². The molecule has 2 aromatic carbocycles. The van der Waals surface area contributed by atoms with Gasteiger partial charge in [0.15, 0.2) is 6.23 Å². The zero-order valence-electron chi connectivity index (χ0n) is 13.0. The second-order valence-electron chi connectivity index (χ2n) is 5.77. The van der Waals surface area contributed by atoms with E-state index in [-0.39, 0.29) is 12.3 Å². The highest BCUT2D eigenvalue weighted by Crippen LogP contribution is 2.43. The van der Waals surface area contributed by atoms with Crippen molar-refractivity contribution in [2.24, 2.45) is 5.10 Å². The van der Waals surface area contributed by atoms with Gasteiger partial charge in [0.25, 0.3) is 0 Å². The van der Waals surface area contributed by atoms with Crippen molar-refractivity contribution in [3.05, 3.63) is 58.6 Å². The third-order valence-electron chi connectivity index (χ3n) is 4.37. The minimum absolute atomic E-state index is 0.0931. The summed E-state index contributed by atoms with van der Waals surface area (Å²) < 4.78 is 11.2. The van der Waals surface area contributed by atoms with Crippen molar-refractivity contribution in [3.63, 3.8) is 0 Å². The summed E-state index contributed by atoms with van der Waals surface area (Å²) in [4.78, 5) is 0. The van der Waals surface area contributed by atoms with Crippen LogP contribution < -0.4 is 9.47 Å². The van der Waals surface area contributed by atoms with E-state index in [2.05, 4.69) is 0 Å². The Kier molecular flexibility index (Phi) is 3.42. The molecule has 2 atom stereocenters. The van der Waals surface area contributed by atoms with Crippen LogP contribution in [0.1, 0.15) is 30.5 Å². The van der Waals surface area contributed by atoms with E-state index >= 15 is 0 Å². The van der Waals surface area contributed by atoms with E-state index in [1.54, 1.807) is 7.11 Å². The third kappa shape index (κ3) is 2.43. The predicted octanol–water partition coefficient (Wildman–Crippen LogP) is 4.24. The first-order chi connectivity index (χ1) is 11.2. The molecule has 0 amide bonds. The molecule has 0 aromatic heterocycles. The van der Waals surface area contributed by atoms with Crippen LogP contribution in [0.15, 0.2) is 47.6 Å². The summed E-state index contributed by atoms with van der Waals surface area (Å²) in [6, 6.07) is 14.0. The fraction of sp³-hybridized carbons (Fsp3) is 0.278. The van der Waals surface area contributed by atoms with Gasteiger partial charge in [0, 0.05) is 17.0 Å². The number of nitrogens with zero attached hydrogens (tertiary/aromatic N) is 2. The van der Waals surface area contributed by atoms with Crippen molar-refractivity contribution in [1.82, 2.24) is 5.01 Å². The highest BCUT2D eigenvalue weighted by atomic mass is 35.5. The Morgan fingerprint density at radius 1 is 1.22 bits per heavy atom. The van der Waals surface area contributed by atoms with Gasteiger partial charge in [0.2, 0.25) is 0 Å². The van der Waals surface area contributed by atoms with Crippen molar-refractivity contribution < 1.29 is 9.47 Å². The van der Waals surface area contributed by atoms with Crippen LogP contribution in [0, 0.1) is 0 Å². The number of fused-ring (bicyclic) bond motifs is 3. The Hall–Kier alpha value is -2.20. The summed E-state index contributed by atoms with van der Waals surface area (Å²) in [5.41, 5.74) is 3.26. The Balaban J connectivity index is 1.68. The molecule has 0 bridgehead atoms. The Morgan fingerprint density at radius 2 is 2.00 bits per heavy atom. The molecule has 118 valence electrons. The van der Waals surface area contributed by atoms with Gasteiger partial charge in [-0.3, -0.25) is 5.01 Å². The van der Waals surface area contributed by atoms with E-state index < -0.39 is 0 Å². The number of hydrogen-bond acceptors (Lipinski definition) is 4. The molecule has 2 aliphatic heterocycles. The number of methoxy groups -OCH3 is 1. The lowest BCUT2D eigenvalue weighted by atomic mass is 9.96. The largest absolute Gasteiger partial charge is 0.497 e. The molecule has 0 radical (unpaired) electrons. The van der Waals surface area contributed by atoms with Crippen LogP contribution in [0.5, 0.6) is 11.5 Å². The number of benzene rings is 2. The van der Waals surface area contributed by atoms with Gasteiger partial charge in [-0.05, 0) is 55.0 Å². The molecule has 0 saturated heterocycles. The highest BCUT2D eigenvalue weighted by molar-refractivity contribution is 6.30. The lowest BCUT2D eigenvalue weighted by Gasteiger charge is -2.36. The molecule has 0 unspecified atom stereocenters. The van der Waals surface area contributed by atoms with Gasteiger partial charge in [-0.25, -0.2) is 0 Å². The molecule has 0 spiro atoms. The number of ether oxygens (including phenoxy) is 2. The summed E-state index contributed by atoms with van der Waals surface area (Å²) >= 11 is 6.16. The quantitative estimate of drug-likeness (QED) is 0.827. The lowest BCUT2D eigenvalue weighted by Crippen LogP contribution is -2.37. The van der Waals surface area contributed by atoms with Crippen LogP contribution in [0.4, 0.5) is 0 Å². The van der Waals surface area contributed by atoms with Crippen molar-refractivity contribution in [2.45, 2.75) is 25.6 Å². The third-order valence-corrected chi connectivity index (χ3v) is 4.60. The van der Waals surface area contributed by atoms with E-state index in [1.807, 2.05) is 54.4 Å². The minimum atomic E-state index is -0.0931. The molecule has 4 nitrogen and oxygen atoms in total. The van der Waals surface area contributed by atoms with Crippen LogP contribution in [-0.4, -0.2) is 24.1 Å². The Labute approximate surface area is 140 Å². The number of halogens is 1. The first-order valence-corrected chi connectivity index (χ1v) is 8.00. The molecule has 0 aliphatic carbocycles. The summed E-state index contributed by atoms with van der Waals surface area (Å²) in [5.74, 6) is 1.74. The maximum Gasteiger partial charge on any atom is 0.185 e. The van der Waals surface area contributed by atoms with Gasteiger partial charge in [0.05, 0.1) is 18.9 Å². The molecular formula is C18H17ClN2O2. The average Bonchev–Trinajstić information content (AvgIpc) is 3.02. The first kappa shape index (κ1) is 14.4. The van der Waals surface area contributed by atoms with Crippen LogP contribution in [0.3, 0.4) is 0 Å². The van der Waals surface area contributed by atoms with E-state index in [4.69, 9.17) is 26.2 Å². The average molecular weight is 329 g/mol. The standard InChI is InChI=1S/C18H17ClN2O2/c1-11-21-17(15-9-13(19)5-8-18(15)23-11)10-16(20-21)12-3-6-14(22-2)7-4-12/h3-9,11,17H,10H2,1-2H3/t11-,17+/m1/s1. The Bertz CT molecular complexity index is 773. The van der Waals surface area contributed by atoms with Gasteiger partial charge >= 0.3 is 0 Å². The van der Waals surface area contributed by atoms with Crippen molar-refractivity contribution in [1.29, 1.82) is 0 Å². The van der Waals surface area contributed by atoms with Gasteiger partial charge in [-0.1, -0.05) is 11.6 Å². The second-order valence-corrected chi connectivity index (χ2v) is 6.21. The van der Waals surface area contributed by atoms with Crippen molar-refractivity contribution in [2.75, 3.05) is 7.11 Å². The maximum atomic E-state index is 6.16. The SMILES string of the molecule is COc1ccc(C2=NN3[C@@H](C)Oc4ccc(Cl)cc4[C@@H]3C2)cc1. The summed E-state index contributed by atoms with van der Waals surface area (Å²) in [6.07, 6.45) is 0.748. The summed E-state index contributed by atoms with van der Waals surface area (Å²) in [6.45, 7) is 2.02. The normalized spacial score (nSPS) is 22.0.